The zero-order valence-electron chi connectivity index (χ0n) is 25.3. The molecule has 0 atom stereocenters. The maximum absolute atomic E-state index is 5.92. The fraction of sp³-hybridized carbons (Fsp3) is 0.312. The van der Waals surface area contributed by atoms with Crippen molar-refractivity contribution in [1.29, 1.82) is 0 Å². The van der Waals surface area contributed by atoms with Gasteiger partial charge in [0, 0.05) is 24.2 Å². The fourth-order valence-corrected chi connectivity index (χ4v) is 5.44. The van der Waals surface area contributed by atoms with Crippen molar-refractivity contribution >= 4 is 31.9 Å². The third-order valence-electron chi connectivity index (χ3n) is 6.84. The van der Waals surface area contributed by atoms with Gasteiger partial charge >= 0.3 is 0 Å². The van der Waals surface area contributed by atoms with Gasteiger partial charge in [0.2, 0.25) is 0 Å². The minimum Gasteiger partial charge on any atom is -0.492 e. The molecule has 230 valence electrons. The molecule has 2 aromatic heterocycles. The highest BCUT2D eigenvalue weighted by Gasteiger charge is 2.12. The topological polar surface area (TPSA) is 86.4 Å². The smallest absolute Gasteiger partial charge is 0.133 e. The Kier molecular flexibility index (Phi) is 10.8. The lowest BCUT2D eigenvalue weighted by Gasteiger charge is -2.12. The van der Waals surface area contributed by atoms with Gasteiger partial charge in [-0.15, -0.1) is 10.2 Å². The van der Waals surface area contributed by atoms with E-state index in [1.165, 1.54) is 0 Å². The van der Waals surface area contributed by atoms with E-state index < -0.39 is 0 Å². The van der Waals surface area contributed by atoms with Crippen molar-refractivity contribution in [3.63, 3.8) is 0 Å². The highest BCUT2D eigenvalue weighted by Crippen LogP contribution is 2.30. The van der Waals surface area contributed by atoms with Gasteiger partial charge in [0.25, 0.3) is 0 Å². The van der Waals surface area contributed by atoms with Crippen molar-refractivity contribution < 1.29 is 9.47 Å². The van der Waals surface area contributed by atoms with Crippen molar-refractivity contribution in [2.75, 3.05) is 54.5 Å². The highest BCUT2D eigenvalue weighted by atomic mass is 79.9. The summed E-state index contributed by atoms with van der Waals surface area (Å²) in [5.74, 6) is 1.62. The lowest BCUT2D eigenvalue weighted by atomic mass is 10.1. The van der Waals surface area contributed by atoms with Crippen molar-refractivity contribution in [3.05, 3.63) is 82.0 Å². The fourth-order valence-electron chi connectivity index (χ4n) is 4.48. The molecule has 0 bridgehead atoms. The summed E-state index contributed by atoms with van der Waals surface area (Å²) in [6.45, 7) is 3.29. The number of rotatable bonds is 14. The summed E-state index contributed by atoms with van der Waals surface area (Å²) in [7, 11) is 8.24. The van der Waals surface area contributed by atoms with Gasteiger partial charge in [0.1, 0.15) is 22.9 Å². The maximum atomic E-state index is 5.92. The number of hydrogen-bond donors (Lipinski definition) is 0. The first-order chi connectivity index (χ1) is 21.3. The van der Waals surface area contributed by atoms with Crippen LogP contribution in [-0.2, 0) is 0 Å². The SMILES string of the molecule is CN(C)CCCOc1ccc(-n2cc(-c3ccc(-c4cn(-c5ccc(OCCCN(C)C)c(Br)c5)nn4)cc3)nn2)cc1Br. The van der Waals surface area contributed by atoms with Crippen molar-refractivity contribution in [2.24, 2.45) is 0 Å². The minimum atomic E-state index is 0.661. The molecule has 0 amide bonds. The first-order valence-corrected chi connectivity index (χ1v) is 16.0. The predicted octanol–water partition coefficient (Wildman–Crippen LogP) is 6.37. The van der Waals surface area contributed by atoms with Crippen LogP contribution in [0.15, 0.2) is 82.0 Å². The van der Waals surface area contributed by atoms with Crippen LogP contribution in [0.3, 0.4) is 0 Å². The standard InChI is InChI=1S/C32H36Br2N8O2/c1-39(2)15-5-17-43-31-13-11-25(19-27(31)33)41-21-29(35-37-41)23-7-9-24(10-8-23)30-22-42(38-36-30)26-12-14-32(28(34)20-26)44-18-6-16-40(3)4/h7-14,19-22H,5-6,15-18H2,1-4H3. The average Bonchev–Trinajstić information content (AvgIpc) is 3.70. The van der Waals surface area contributed by atoms with Crippen LogP contribution in [0.2, 0.25) is 0 Å². The maximum Gasteiger partial charge on any atom is 0.133 e. The van der Waals surface area contributed by atoms with E-state index in [4.69, 9.17) is 9.47 Å². The highest BCUT2D eigenvalue weighted by molar-refractivity contribution is 9.11. The molecule has 0 aliphatic carbocycles. The summed E-state index contributed by atoms with van der Waals surface area (Å²) in [4.78, 5) is 4.29. The van der Waals surface area contributed by atoms with Crippen molar-refractivity contribution in [1.82, 2.24) is 39.8 Å². The Hall–Kier alpha value is -3.58. The third kappa shape index (κ3) is 8.32. The first-order valence-electron chi connectivity index (χ1n) is 14.4. The average molecular weight is 725 g/mol. The van der Waals surface area contributed by atoms with Crippen LogP contribution in [0.4, 0.5) is 0 Å². The molecule has 0 aliphatic heterocycles. The molecule has 3 aromatic carbocycles. The van der Waals surface area contributed by atoms with E-state index in [0.29, 0.717) is 13.2 Å². The minimum absolute atomic E-state index is 0.661. The van der Waals surface area contributed by atoms with Gasteiger partial charge in [-0.3, -0.25) is 0 Å². The normalized spacial score (nSPS) is 11.5. The Bertz CT molecular complexity index is 1540. The van der Waals surface area contributed by atoms with Crippen molar-refractivity contribution in [2.45, 2.75) is 12.8 Å². The van der Waals surface area contributed by atoms with Gasteiger partial charge in [-0.1, -0.05) is 34.7 Å². The number of halogens is 2. The molecule has 0 aliphatic rings. The van der Waals surface area contributed by atoms with E-state index >= 15 is 0 Å². The molecule has 44 heavy (non-hydrogen) atoms. The monoisotopic (exact) mass is 722 g/mol. The lowest BCUT2D eigenvalue weighted by molar-refractivity contribution is 0.280. The Labute approximate surface area is 274 Å². The van der Waals surface area contributed by atoms with Crippen LogP contribution in [0.1, 0.15) is 12.8 Å². The van der Waals surface area contributed by atoms with E-state index in [1.54, 1.807) is 9.36 Å². The summed E-state index contributed by atoms with van der Waals surface area (Å²) >= 11 is 7.25. The third-order valence-corrected chi connectivity index (χ3v) is 8.08. The quantitative estimate of drug-likeness (QED) is 0.122. The molecule has 10 nitrogen and oxygen atoms in total. The summed E-state index contributed by atoms with van der Waals surface area (Å²) in [5.41, 5.74) is 5.23. The number of hydrogen-bond acceptors (Lipinski definition) is 8. The van der Waals surface area contributed by atoms with E-state index in [0.717, 1.165) is 80.3 Å². The van der Waals surface area contributed by atoms with Crippen LogP contribution in [0.5, 0.6) is 11.5 Å². The summed E-state index contributed by atoms with van der Waals surface area (Å²) in [5, 5.41) is 17.5. The molecule has 5 rings (SSSR count). The first kappa shape index (κ1) is 31.8. The molecule has 0 unspecified atom stereocenters. The lowest BCUT2D eigenvalue weighted by Crippen LogP contribution is -2.15. The predicted molar refractivity (Wildman–Crippen MR) is 180 cm³/mol. The Balaban J connectivity index is 1.21. The van der Waals surface area contributed by atoms with Gasteiger partial charge < -0.3 is 19.3 Å². The number of benzene rings is 3. The van der Waals surface area contributed by atoms with Gasteiger partial charge in [0.05, 0.1) is 45.9 Å². The van der Waals surface area contributed by atoms with E-state index in [2.05, 4.69) is 90.5 Å². The van der Waals surface area contributed by atoms with Crippen LogP contribution < -0.4 is 9.47 Å². The Morgan fingerprint density at radius 1 is 0.614 bits per heavy atom. The van der Waals surface area contributed by atoms with E-state index in [-0.39, 0.29) is 0 Å². The summed E-state index contributed by atoms with van der Waals surface area (Å²) in [6.07, 6.45) is 5.75. The van der Waals surface area contributed by atoms with Crippen LogP contribution in [0, 0.1) is 0 Å². The number of ether oxygens (including phenoxy) is 2. The molecule has 0 spiro atoms. The molecule has 0 N–H and O–H groups in total. The summed E-state index contributed by atoms with van der Waals surface area (Å²) < 4.78 is 17.1. The van der Waals surface area contributed by atoms with Crippen molar-refractivity contribution in [3.8, 4) is 45.4 Å². The number of aromatic nitrogens is 6. The second-order valence-electron chi connectivity index (χ2n) is 10.9. The molecule has 0 saturated carbocycles. The van der Waals surface area contributed by atoms with Gasteiger partial charge in [-0.05, 0) is 109 Å². The second kappa shape index (κ2) is 14.9. The molecular formula is C32H36Br2N8O2. The van der Waals surface area contributed by atoms with Gasteiger partial charge in [-0.2, -0.15) is 0 Å². The van der Waals surface area contributed by atoms with Crippen LogP contribution >= 0.6 is 31.9 Å². The van der Waals surface area contributed by atoms with Crippen LogP contribution in [-0.4, -0.2) is 94.3 Å². The molecule has 12 heteroatoms. The van der Waals surface area contributed by atoms with Gasteiger partial charge in [-0.25, -0.2) is 9.36 Å². The Morgan fingerprint density at radius 2 is 1.02 bits per heavy atom. The molecular weight excluding hydrogens is 688 g/mol. The zero-order chi connectivity index (χ0) is 31.1. The largest absolute Gasteiger partial charge is 0.492 e. The second-order valence-corrected chi connectivity index (χ2v) is 12.6. The molecule has 5 aromatic rings. The molecule has 2 heterocycles. The van der Waals surface area contributed by atoms with E-state index in [9.17, 15) is 0 Å². The summed E-state index contributed by atoms with van der Waals surface area (Å²) in [6, 6.07) is 19.9. The number of nitrogens with zero attached hydrogens (tertiary/aromatic N) is 8. The zero-order valence-corrected chi connectivity index (χ0v) is 28.5. The molecule has 0 saturated heterocycles. The van der Waals surface area contributed by atoms with Gasteiger partial charge in [0.15, 0.2) is 0 Å². The van der Waals surface area contributed by atoms with Crippen LogP contribution in [0.25, 0.3) is 33.9 Å². The van der Waals surface area contributed by atoms with E-state index in [1.807, 2.05) is 73.1 Å². The molecule has 0 fully saturated rings. The molecule has 0 radical (unpaired) electrons. The Morgan fingerprint density at radius 3 is 1.39 bits per heavy atom.